The fraction of sp³-hybridized carbons (Fsp3) is 0.304. The molecule has 5 aromatic heterocycles. The monoisotopic (exact) mass is 1920 g/mol. The quantitative estimate of drug-likeness (QED) is 0.00543. The topological polar surface area (TPSA) is 499 Å². The molecule has 10 aromatic rings. The number of carbonyl (C=O) groups excluding carboxylic acids is 5. The number of hydrogen-bond acceptors (Lipinski definition) is 31. The molecule has 7 heterocycles. The number of nitrogens with one attached hydrogen (secondary N) is 2. The molecular formula is C79H71Cl6F4N15O25. The van der Waals surface area contributed by atoms with Crippen molar-refractivity contribution in [2.24, 2.45) is 0 Å². The standard InChI is InChI=1S/C38H33Cl3F2N8O12.C31H31F2N7O10.C8H5Cl3O3.C2H2/c1-37(2,3)63-36(55)62-29-27(18-58-28(52)19-59-32-25(40)13-24(39)30(41)44-32)61-33(38(29,42)43)50-15-23(26-16-49(48-47-26)14-20-7-5-4-6-8-20)31(45-34(50)53)46-35(54)60-17-21-9-11-22(12-10-21)51(56)57;1-30(2,3)50-29(44)49-24-23(16-41)48-26(31(24,32)33)39-14-21(22-15-38(37-36-22)13-18-7-5-4-6-8-18)25(34-27(39)42)35-28(43)47-17-19-9-11-20(12-10-19)40(45)46;9-4-1-6(11)7(2-5(4)10)14-3-8(12)13;1-2/h4-13,15-16,27,29,33H,14,17-19H2,1-3H3,(H,45,46,53,54);4-12,14-15,23-24,26,41H,13,16-17H2,1-3H3,(H,34,35,42,43);1-2H,3H2,(H,12,13);1-2H/t27?,29?,33-;23?,24?,26-;;/m11../s1/i;;;1D. The van der Waals surface area contributed by atoms with Crippen LogP contribution in [0.15, 0.2) is 162 Å². The van der Waals surface area contributed by atoms with Gasteiger partial charge in [-0.15, -0.1) is 23.0 Å². The second-order valence-corrected chi connectivity index (χ2v) is 31.1. The van der Waals surface area contributed by atoms with E-state index < -0.39 is 156 Å². The summed E-state index contributed by atoms with van der Waals surface area (Å²) in [6.45, 7) is 5.30. The highest BCUT2D eigenvalue weighted by atomic mass is 35.5. The average Bonchev–Trinajstić information content (AvgIpc) is 1.59. The van der Waals surface area contributed by atoms with Gasteiger partial charge in [0.1, 0.15) is 66.8 Å². The number of carboxylic acids is 1. The number of benzene rings is 5. The van der Waals surface area contributed by atoms with Crippen LogP contribution in [0.1, 0.15) is 77.6 Å². The smallest absolute Gasteiger partial charge is 0.480 e. The van der Waals surface area contributed by atoms with Crippen LogP contribution < -0.4 is 31.5 Å². The first-order valence-corrected chi connectivity index (χ1v) is 39.2. The number of aliphatic hydroxyl groups is 1. The van der Waals surface area contributed by atoms with Crippen molar-refractivity contribution < 1.29 is 120 Å². The van der Waals surface area contributed by atoms with Crippen molar-refractivity contribution in [3.05, 3.63) is 246 Å². The highest BCUT2D eigenvalue weighted by Gasteiger charge is 2.64. The molecule has 5 aromatic carbocycles. The summed E-state index contributed by atoms with van der Waals surface area (Å²) in [5.41, 5.74) is -3.39. The molecule has 2 fully saturated rings. The van der Waals surface area contributed by atoms with Gasteiger partial charge >= 0.3 is 59.7 Å². The van der Waals surface area contributed by atoms with E-state index in [9.17, 15) is 63.7 Å². The SMILES string of the molecule is CC(C)(C)OC(=O)OC1C(CO)O[C@@H](n2cc(-c3cn(Cc4ccccc4)nn3)c(NC(=O)OCc3ccc([N+](=O)[O-])cc3)nc2=O)C1(F)F.CC(C)(C)OC(=O)OC1C(COC(=O)COc2nc(Cl)c(Cl)cc2Cl)O[C@@H](n2cc(-c3cn(Cc4ccccc4)nn3)c(NC(=O)OCc3ccc([N+](=O)[O-])cc3)nc2=O)C1(F)F.O=C(O)COc1cc(Cl)c(Cl)cc1Cl.[2H]C#C. The van der Waals surface area contributed by atoms with Gasteiger partial charge in [0.05, 0.1) is 73.2 Å². The Morgan fingerprint density at radius 2 is 0.984 bits per heavy atom. The molecule has 0 bridgehead atoms. The zero-order valence-corrected chi connectivity index (χ0v) is 72.0. The number of terminal acetylenes is 1. The van der Waals surface area contributed by atoms with E-state index in [1.165, 1.54) is 136 Å². The minimum atomic E-state index is -4.27. The summed E-state index contributed by atoms with van der Waals surface area (Å²) in [6.07, 6.45) is -8.55. The molecule has 40 nitrogen and oxygen atoms in total. The van der Waals surface area contributed by atoms with Crippen molar-refractivity contribution in [3.63, 3.8) is 0 Å². The van der Waals surface area contributed by atoms with Crippen LogP contribution in [0.5, 0.6) is 11.6 Å². The molecule has 2 aliphatic heterocycles. The number of ether oxygens (including phenoxy) is 11. The summed E-state index contributed by atoms with van der Waals surface area (Å²) in [5.74, 6) is -11.6. The van der Waals surface area contributed by atoms with Gasteiger partial charge < -0.3 is 62.3 Å². The number of nitro benzene ring substituents is 2. The van der Waals surface area contributed by atoms with Crippen LogP contribution in [-0.4, -0.2) is 184 Å². The number of pyridine rings is 1. The van der Waals surface area contributed by atoms with Gasteiger partial charge in [-0.3, -0.25) is 40.0 Å². The van der Waals surface area contributed by atoms with Crippen LogP contribution in [0, 0.1) is 33.1 Å². The number of aliphatic hydroxyl groups excluding tert-OH is 1. The lowest BCUT2D eigenvalue weighted by Gasteiger charge is -2.26. The van der Waals surface area contributed by atoms with Crippen molar-refractivity contribution >= 4 is 129 Å². The highest BCUT2D eigenvalue weighted by molar-refractivity contribution is 6.44. The maximum Gasteiger partial charge on any atom is 0.509 e. The predicted octanol–water partition coefficient (Wildman–Crippen LogP) is 14.4. The number of nitro groups is 2. The predicted molar refractivity (Wildman–Crippen MR) is 447 cm³/mol. The molecular weight excluding hydrogens is 1850 g/mol. The Kier molecular flexibility index (Phi) is 33.3. The number of carbonyl (C=O) groups is 6. The van der Waals surface area contributed by atoms with Crippen molar-refractivity contribution in [2.45, 2.75) is 128 Å². The zero-order chi connectivity index (χ0) is 95.3. The minimum Gasteiger partial charge on any atom is -0.480 e. The number of nitrogens with zero attached hydrogens (tertiary/aromatic N) is 13. The van der Waals surface area contributed by atoms with Crippen LogP contribution in [0.4, 0.5) is 59.8 Å². The summed E-state index contributed by atoms with van der Waals surface area (Å²) in [7, 11) is 0. The van der Waals surface area contributed by atoms with E-state index in [1.54, 1.807) is 12.1 Å². The van der Waals surface area contributed by atoms with Crippen molar-refractivity contribution in [1.29, 1.82) is 0 Å². The molecule has 4 N–H and O–H groups in total. The summed E-state index contributed by atoms with van der Waals surface area (Å²) in [4.78, 5) is 133. The van der Waals surface area contributed by atoms with E-state index in [1.807, 2.05) is 48.5 Å². The van der Waals surface area contributed by atoms with Crippen molar-refractivity contribution in [2.75, 3.05) is 37.1 Å². The Labute approximate surface area is 756 Å². The van der Waals surface area contributed by atoms with E-state index >= 15 is 17.6 Å². The third kappa shape index (κ3) is 27.6. The molecule has 2 aliphatic rings. The third-order valence-electron chi connectivity index (χ3n) is 16.9. The van der Waals surface area contributed by atoms with Gasteiger partial charge in [0.25, 0.3) is 11.4 Å². The molecule has 2 amide bonds. The fourth-order valence-electron chi connectivity index (χ4n) is 11.3. The molecule has 4 unspecified atom stereocenters. The van der Waals surface area contributed by atoms with Gasteiger partial charge in [-0.2, -0.15) is 32.5 Å². The molecule has 6 atom stereocenters. The van der Waals surface area contributed by atoms with Crippen LogP contribution in [0.2, 0.25) is 30.3 Å². The first-order chi connectivity index (χ1) is 61.3. The minimum absolute atomic E-state index is 0.00237. The van der Waals surface area contributed by atoms with E-state index in [-0.39, 0.29) is 97.1 Å². The Balaban J connectivity index is 0.000000252. The lowest BCUT2D eigenvalue weighted by atomic mass is 10.1. The second kappa shape index (κ2) is 43.9. The number of non-ortho nitro benzene ring substituents is 2. The molecule has 0 radical (unpaired) electrons. The number of halogens is 10. The van der Waals surface area contributed by atoms with Crippen molar-refractivity contribution in [3.8, 4) is 47.0 Å². The second-order valence-electron chi connectivity index (χ2n) is 28.7. The zero-order valence-electron chi connectivity index (χ0n) is 68.5. The third-order valence-corrected chi connectivity index (χ3v) is 18.9. The number of hydrogen-bond donors (Lipinski definition) is 4. The number of aliphatic carboxylic acids is 1. The molecule has 0 aliphatic carbocycles. The summed E-state index contributed by atoms with van der Waals surface area (Å²) < 4.78 is 131. The van der Waals surface area contributed by atoms with E-state index in [0.717, 1.165) is 23.5 Å². The first kappa shape index (κ1) is 97.8. The number of rotatable bonds is 27. The largest absolute Gasteiger partial charge is 0.509 e. The Morgan fingerprint density at radius 1 is 0.566 bits per heavy atom. The van der Waals surface area contributed by atoms with Gasteiger partial charge in [-0.25, -0.2) is 47.7 Å². The lowest BCUT2D eigenvalue weighted by molar-refractivity contribution is -0.385. The van der Waals surface area contributed by atoms with E-state index in [2.05, 4.69) is 52.6 Å². The van der Waals surface area contributed by atoms with Crippen LogP contribution >= 0.6 is 69.6 Å². The number of esters is 1. The van der Waals surface area contributed by atoms with Crippen molar-refractivity contribution in [1.82, 2.24) is 54.1 Å². The van der Waals surface area contributed by atoms with Crippen LogP contribution in [-0.2, 0) is 78.5 Å². The fourth-order valence-corrected chi connectivity index (χ4v) is 12.4. The Bertz CT molecular complexity index is 5920. The van der Waals surface area contributed by atoms with E-state index in [4.69, 9.17) is 128 Å². The van der Waals surface area contributed by atoms with Gasteiger partial charge in [-0.05, 0) is 100 Å². The molecule has 2 saturated heterocycles. The normalized spacial score (nSPS) is 16.4. The number of amides is 2. The summed E-state index contributed by atoms with van der Waals surface area (Å²) in [6, 6.07) is 32.5. The van der Waals surface area contributed by atoms with Gasteiger partial charge in [0.2, 0.25) is 30.5 Å². The number of carboxylic acid groups (broad SMARTS) is 1. The van der Waals surface area contributed by atoms with Gasteiger partial charge in [-0.1, -0.05) is 141 Å². The summed E-state index contributed by atoms with van der Waals surface area (Å²) in [5, 5.41) is 61.5. The average molecular weight is 1920 g/mol. The maximum atomic E-state index is 16.6. The Hall–Kier alpha value is -13.4. The first-order valence-electron chi connectivity index (χ1n) is 37.5. The summed E-state index contributed by atoms with van der Waals surface area (Å²) >= 11 is 34.9. The van der Waals surface area contributed by atoms with Gasteiger partial charge in [0, 0.05) is 42.7 Å². The molecule has 682 valence electrons. The highest BCUT2D eigenvalue weighted by Crippen LogP contribution is 2.47. The molecule has 12 rings (SSSR count). The number of aromatic nitrogens is 11. The molecule has 0 spiro atoms. The molecule has 50 heteroatoms. The van der Waals surface area contributed by atoms with E-state index in [0.29, 0.717) is 25.3 Å². The number of anilines is 2. The Morgan fingerprint density at radius 3 is 1.40 bits per heavy atom. The molecule has 0 saturated carbocycles. The molecule has 129 heavy (non-hydrogen) atoms. The van der Waals surface area contributed by atoms with Gasteiger partial charge in [0.15, 0.2) is 30.0 Å². The van der Waals surface area contributed by atoms with Crippen LogP contribution in [0.25, 0.3) is 22.5 Å². The lowest BCUT2D eigenvalue weighted by Crippen LogP contribution is -2.45. The van der Waals surface area contributed by atoms with Crippen LogP contribution in [0.3, 0.4) is 0 Å². The maximum absolute atomic E-state index is 16.6. The number of alkyl halides is 4.